The first kappa shape index (κ1) is 24.1. The summed E-state index contributed by atoms with van der Waals surface area (Å²) in [6.45, 7) is 0. The molecule has 0 rings (SSSR count). The standard InChI is InChI=1S/3Nb.9O.Sc/q;;;;;;;;;3*-1;+3. The Hall–Kier alpha value is 1.77. The van der Waals surface area contributed by atoms with Crippen LogP contribution in [0.5, 0.6) is 0 Å². The first-order chi connectivity index (χ1) is 5.20. The van der Waals surface area contributed by atoms with Gasteiger partial charge in [-0.25, -0.2) is 0 Å². The molecule has 0 saturated heterocycles. The Morgan fingerprint density at radius 2 is 0.538 bits per heavy atom. The van der Waals surface area contributed by atoms with Gasteiger partial charge in [0.2, 0.25) is 0 Å². The minimum Gasteiger partial charge on any atom is 3.00 e. The zero-order chi connectivity index (χ0) is 10.7. The van der Waals surface area contributed by atoms with E-state index in [0.29, 0.717) is 0 Å². The van der Waals surface area contributed by atoms with Gasteiger partial charge in [0.1, 0.15) is 0 Å². The summed E-state index contributed by atoms with van der Waals surface area (Å²) in [6.07, 6.45) is 0. The van der Waals surface area contributed by atoms with Crippen LogP contribution < -0.4 is 10.8 Å². The molecule has 0 bridgehead atoms. The van der Waals surface area contributed by atoms with Gasteiger partial charge < -0.3 is 0 Å². The summed E-state index contributed by atoms with van der Waals surface area (Å²) in [5.41, 5.74) is 0. The second kappa shape index (κ2) is 19.4. The zero-order valence-corrected chi connectivity index (χ0v) is 14.0. The molecule has 0 unspecified atom stereocenters. The van der Waals surface area contributed by atoms with E-state index >= 15 is 0 Å². The molecule has 0 fully saturated rings. The minimum absolute atomic E-state index is 0. The molecular weight excluding hydrogens is 468 g/mol. The number of hydrogen-bond donors (Lipinski definition) is 0. The van der Waals surface area contributed by atoms with Crippen molar-refractivity contribution in [2.24, 2.45) is 0 Å². The first-order valence-electron chi connectivity index (χ1n) is 1.64. The molecule has 0 spiro atoms. The smallest absolute Gasteiger partial charge is 3.00 e. The molecular formula is Nb3O9Sc. The molecule has 0 radical (unpaired) electrons. The van der Waals surface area contributed by atoms with Crippen LogP contribution in [0.2, 0.25) is 0 Å². The van der Waals surface area contributed by atoms with Crippen molar-refractivity contribution in [2.75, 3.05) is 0 Å². The van der Waals surface area contributed by atoms with Gasteiger partial charge in [0, 0.05) is 0 Å². The fourth-order valence-corrected chi connectivity index (χ4v) is 0. The van der Waals surface area contributed by atoms with Crippen molar-refractivity contribution in [1.29, 1.82) is 0 Å². The van der Waals surface area contributed by atoms with E-state index in [0.717, 1.165) is 0 Å². The Bertz CT molecular complexity index is 208. The summed E-state index contributed by atoms with van der Waals surface area (Å²) in [5.74, 6) is 0. The van der Waals surface area contributed by atoms with Crippen LogP contribution in [-0.2, 0) is 102 Å². The maximum Gasteiger partial charge on any atom is 3.00 e. The van der Waals surface area contributed by atoms with Crippen molar-refractivity contribution in [1.82, 2.24) is 0 Å². The van der Waals surface area contributed by atoms with Crippen LogP contribution in [0.3, 0.4) is 0 Å². The Morgan fingerprint density at radius 3 is 0.538 bits per heavy atom. The maximum atomic E-state index is 8.60. The third-order valence-corrected chi connectivity index (χ3v) is 0. The van der Waals surface area contributed by atoms with Crippen molar-refractivity contribution >= 4 is 0 Å². The van der Waals surface area contributed by atoms with E-state index in [4.69, 9.17) is 30.3 Å². The Balaban J connectivity index is -0.0000000450. The van der Waals surface area contributed by atoms with E-state index in [-0.39, 0.29) is 25.8 Å². The molecule has 0 heterocycles. The van der Waals surface area contributed by atoms with E-state index in [1.54, 1.807) is 0 Å². The molecule has 0 saturated carbocycles. The van der Waals surface area contributed by atoms with E-state index in [1.807, 2.05) is 0 Å². The summed E-state index contributed by atoms with van der Waals surface area (Å²) in [5, 5.41) is 0. The summed E-state index contributed by atoms with van der Waals surface area (Å²) in [4.78, 5) is 0. The fraction of sp³-hybridized carbons (Fsp3) is 0. The van der Waals surface area contributed by atoms with Crippen LogP contribution in [0.25, 0.3) is 0 Å². The summed E-state index contributed by atoms with van der Waals surface area (Å²) < 4.78 is 77.4. The van der Waals surface area contributed by atoms with Crippen LogP contribution in [0.15, 0.2) is 0 Å². The van der Waals surface area contributed by atoms with Gasteiger partial charge in [-0.1, -0.05) is 0 Å². The molecule has 0 aliphatic rings. The van der Waals surface area contributed by atoms with Crippen LogP contribution in [0.4, 0.5) is 0 Å². The van der Waals surface area contributed by atoms with E-state index in [1.165, 1.54) is 0 Å². The van der Waals surface area contributed by atoms with Crippen LogP contribution >= 0.6 is 0 Å². The monoisotopic (exact) mass is 468 g/mol. The molecule has 0 amide bonds. The van der Waals surface area contributed by atoms with Gasteiger partial charge in [0.05, 0.1) is 0 Å². The summed E-state index contributed by atoms with van der Waals surface area (Å²) in [7, 11) is 0. The summed E-state index contributed by atoms with van der Waals surface area (Å²) >= 11 is -12.6. The van der Waals surface area contributed by atoms with Crippen molar-refractivity contribution < 1.29 is 113 Å². The molecule has 72 valence electrons. The maximum absolute atomic E-state index is 8.60. The largest absolute Gasteiger partial charge is 3.00 e. The quantitative estimate of drug-likeness (QED) is 0.319. The van der Waals surface area contributed by atoms with Gasteiger partial charge in [-0.3, -0.25) is 0 Å². The van der Waals surface area contributed by atoms with Crippen LogP contribution in [-0.4, -0.2) is 0 Å². The van der Waals surface area contributed by atoms with Gasteiger partial charge in [-0.15, -0.1) is 0 Å². The Kier molecular flexibility index (Phi) is 36.0. The van der Waals surface area contributed by atoms with Crippen molar-refractivity contribution in [3.05, 3.63) is 0 Å². The van der Waals surface area contributed by atoms with Crippen molar-refractivity contribution in [3.63, 3.8) is 0 Å². The third-order valence-electron chi connectivity index (χ3n) is 0. The third kappa shape index (κ3) is 608. The van der Waals surface area contributed by atoms with Gasteiger partial charge >= 0.3 is 113 Å². The molecule has 9 nitrogen and oxygen atoms in total. The van der Waals surface area contributed by atoms with E-state index < -0.39 is 56.4 Å². The van der Waals surface area contributed by atoms with Gasteiger partial charge in [0.25, 0.3) is 0 Å². The van der Waals surface area contributed by atoms with Crippen LogP contribution in [0, 0.1) is 0 Å². The first-order valence-corrected chi connectivity index (χ1v) is 9.72. The van der Waals surface area contributed by atoms with Crippen LogP contribution in [0.1, 0.15) is 0 Å². The average Bonchev–Trinajstić information content (AvgIpc) is 1.54. The second-order valence-corrected chi connectivity index (χ2v) is 3.97. The number of hydrogen-bond acceptors (Lipinski definition) is 9. The predicted molar refractivity (Wildman–Crippen MR) is 4.12 cm³/mol. The molecule has 13 heavy (non-hydrogen) atoms. The SMILES string of the molecule is [O]=[Nb](=[O])[O-].[O]=[Nb](=[O])[O-].[O]=[Nb](=[O])[O-].[Sc+3]. The van der Waals surface area contributed by atoms with Crippen molar-refractivity contribution in [3.8, 4) is 0 Å². The molecule has 0 atom stereocenters. The van der Waals surface area contributed by atoms with E-state index in [9.17, 15) is 0 Å². The summed E-state index contributed by atoms with van der Waals surface area (Å²) in [6, 6.07) is 0. The van der Waals surface area contributed by atoms with E-state index in [2.05, 4.69) is 0 Å². The molecule has 0 aromatic carbocycles. The van der Waals surface area contributed by atoms with Gasteiger partial charge in [-0.05, 0) is 0 Å². The molecule has 0 N–H and O–H groups in total. The minimum atomic E-state index is -4.20. The second-order valence-electron chi connectivity index (χ2n) is 0.671. The predicted octanol–water partition coefficient (Wildman–Crippen LogP) is -4.29. The fourth-order valence-electron chi connectivity index (χ4n) is 0. The van der Waals surface area contributed by atoms with Gasteiger partial charge in [-0.2, -0.15) is 0 Å². The molecule has 0 aromatic rings. The van der Waals surface area contributed by atoms with Crippen molar-refractivity contribution in [2.45, 2.75) is 0 Å². The topological polar surface area (TPSA) is 172 Å². The zero-order valence-electron chi connectivity index (χ0n) is 5.59. The molecule has 0 aliphatic heterocycles. The molecule has 0 aromatic heterocycles. The number of rotatable bonds is 0. The van der Waals surface area contributed by atoms with Gasteiger partial charge in [0.15, 0.2) is 0 Å². The Labute approximate surface area is 111 Å². The molecule has 13 heteroatoms. The molecule has 0 aliphatic carbocycles. The Morgan fingerprint density at radius 1 is 0.538 bits per heavy atom. The average molecular weight is 468 g/mol. The normalized spacial score (nSPS) is 5.77.